The summed E-state index contributed by atoms with van der Waals surface area (Å²) in [5.74, 6) is 0.142. The molecule has 25 heavy (non-hydrogen) atoms. The van der Waals surface area contributed by atoms with Crippen molar-refractivity contribution < 1.29 is 14.6 Å². The minimum atomic E-state index is -0.273. The second kappa shape index (κ2) is 7.38. The van der Waals surface area contributed by atoms with Crippen LogP contribution in [0.3, 0.4) is 0 Å². The van der Waals surface area contributed by atoms with Crippen LogP contribution in [0.4, 0.5) is 0 Å². The van der Waals surface area contributed by atoms with E-state index in [9.17, 15) is 9.90 Å². The number of rotatable bonds is 4. The van der Waals surface area contributed by atoms with Crippen molar-refractivity contribution in [2.45, 2.75) is 33.1 Å². The molecule has 2 aromatic rings. The maximum atomic E-state index is 12.2. The van der Waals surface area contributed by atoms with Gasteiger partial charge < -0.3 is 9.84 Å². The smallest absolute Gasteiger partial charge is 0.271 e. The lowest BCUT2D eigenvalue weighted by atomic mass is 9.87. The number of hydrogen-bond donors (Lipinski definition) is 2. The van der Waals surface area contributed by atoms with E-state index in [1.165, 1.54) is 18.7 Å². The van der Waals surface area contributed by atoms with Crippen LogP contribution in [0, 0.1) is 0 Å². The Morgan fingerprint density at radius 1 is 1.08 bits per heavy atom. The molecule has 0 aliphatic carbocycles. The third-order valence-electron chi connectivity index (χ3n) is 3.94. The monoisotopic (exact) mass is 340 g/mol. The van der Waals surface area contributed by atoms with Gasteiger partial charge in [-0.3, -0.25) is 4.79 Å². The summed E-state index contributed by atoms with van der Waals surface area (Å²) in [7, 11) is 1.48. The number of amides is 1. The van der Waals surface area contributed by atoms with Crippen LogP contribution in [-0.4, -0.2) is 23.8 Å². The Balaban J connectivity index is 2.11. The third-order valence-corrected chi connectivity index (χ3v) is 3.94. The summed E-state index contributed by atoms with van der Waals surface area (Å²) < 4.78 is 5.08. The Morgan fingerprint density at radius 3 is 2.24 bits per heavy atom. The van der Waals surface area contributed by atoms with E-state index in [1.807, 2.05) is 12.1 Å². The summed E-state index contributed by atoms with van der Waals surface area (Å²) in [5.41, 5.74) is 5.67. The van der Waals surface area contributed by atoms with Gasteiger partial charge in [-0.05, 0) is 48.2 Å². The molecule has 0 atom stereocenters. The molecule has 2 rings (SSSR count). The summed E-state index contributed by atoms with van der Waals surface area (Å²) in [5, 5.41) is 13.8. The molecule has 2 N–H and O–H groups in total. The highest BCUT2D eigenvalue weighted by Crippen LogP contribution is 2.26. The van der Waals surface area contributed by atoms with Gasteiger partial charge in [0.1, 0.15) is 0 Å². The van der Waals surface area contributed by atoms with Crippen molar-refractivity contribution in [1.29, 1.82) is 0 Å². The quantitative estimate of drug-likeness (QED) is 0.656. The van der Waals surface area contributed by atoms with Gasteiger partial charge in [0.05, 0.1) is 12.8 Å². The van der Waals surface area contributed by atoms with Crippen molar-refractivity contribution in [2.75, 3.05) is 7.11 Å². The number of benzene rings is 2. The number of methoxy groups -OCH3 is 1. The Morgan fingerprint density at radius 2 is 1.68 bits per heavy atom. The number of hydrazone groups is 1. The van der Waals surface area contributed by atoms with Crippen LogP contribution in [0.25, 0.3) is 0 Å². The number of carbonyl (C=O) groups is 1. The standard InChI is InChI=1S/C20H24N2O3/c1-13(15-8-11-17(23)18(12-15)25-5)21-22-19(24)14-6-9-16(10-7-14)20(2,3)4/h6-12,23H,1-5H3,(H,22,24)/b21-13+. The molecular weight excluding hydrogens is 316 g/mol. The number of ether oxygens (including phenoxy) is 1. The van der Waals surface area contributed by atoms with E-state index < -0.39 is 0 Å². The highest BCUT2D eigenvalue weighted by Gasteiger charge is 2.14. The molecule has 5 heteroatoms. The largest absolute Gasteiger partial charge is 0.504 e. The van der Waals surface area contributed by atoms with Crippen LogP contribution in [0.1, 0.15) is 49.2 Å². The van der Waals surface area contributed by atoms with E-state index in [0.29, 0.717) is 17.0 Å². The number of nitrogens with zero attached hydrogens (tertiary/aromatic N) is 1. The number of hydrogen-bond acceptors (Lipinski definition) is 4. The van der Waals surface area contributed by atoms with Crippen molar-refractivity contribution in [3.05, 3.63) is 59.2 Å². The lowest BCUT2D eigenvalue weighted by Crippen LogP contribution is -2.20. The molecule has 0 aliphatic rings. The SMILES string of the molecule is COc1cc(/C(C)=N/NC(=O)c2ccc(C(C)(C)C)cc2)ccc1O. The van der Waals surface area contributed by atoms with Gasteiger partial charge in [-0.15, -0.1) is 0 Å². The Bertz CT molecular complexity index is 788. The number of phenolic OH excluding ortho intramolecular Hbond substituents is 1. The molecule has 0 aromatic heterocycles. The molecule has 0 unspecified atom stereocenters. The number of phenols is 1. The zero-order chi connectivity index (χ0) is 18.6. The first kappa shape index (κ1) is 18.5. The van der Waals surface area contributed by atoms with Crippen LogP contribution in [-0.2, 0) is 5.41 Å². The fourth-order valence-electron chi connectivity index (χ4n) is 2.29. The van der Waals surface area contributed by atoms with E-state index >= 15 is 0 Å². The first-order valence-corrected chi connectivity index (χ1v) is 8.05. The second-order valence-electron chi connectivity index (χ2n) is 6.85. The van der Waals surface area contributed by atoms with E-state index in [-0.39, 0.29) is 17.1 Å². The lowest BCUT2D eigenvalue weighted by Gasteiger charge is -2.18. The molecule has 132 valence electrons. The molecule has 0 fully saturated rings. The highest BCUT2D eigenvalue weighted by atomic mass is 16.5. The Labute approximate surface area is 148 Å². The molecule has 0 saturated heterocycles. The normalized spacial score (nSPS) is 12.0. The van der Waals surface area contributed by atoms with Gasteiger partial charge in [-0.25, -0.2) is 5.43 Å². The molecule has 5 nitrogen and oxygen atoms in total. The molecule has 0 saturated carbocycles. The van der Waals surface area contributed by atoms with Crippen LogP contribution in [0.15, 0.2) is 47.6 Å². The van der Waals surface area contributed by atoms with E-state index in [4.69, 9.17) is 4.74 Å². The van der Waals surface area contributed by atoms with Gasteiger partial charge in [0, 0.05) is 11.1 Å². The minimum Gasteiger partial charge on any atom is -0.504 e. The third kappa shape index (κ3) is 4.59. The first-order chi connectivity index (χ1) is 11.7. The van der Waals surface area contributed by atoms with Gasteiger partial charge in [0.2, 0.25) is 0 Å². The van der Waals surface area contributed by atoms with Crippen molar-refractivity contribution in [3.63, 3.8) is 0 Å². The molecule has 1 amide bonds. The molecule has 0 bridgehead atoms. The number of aromatic hydroxyl groups is 1. The van der Waals surface area contributed by atoms with Crippen LogP contribution in [0.5, 0.6) is 11.5 Å². The van der Waals surface area contributed by atoms with Crippen molar-refractivity contribution in [2.24, 2.45) is 5.10 Å². The topological polar surface area (TPSA) is 70.9 Å². The predicted molar refractivity (Wildman–Crippen MR) is 99.5 cm³/mol. The zero-order valence-electron chi connectivity index (χ0n) is 15.3. The molecule has 2 aromatic carbocycles. The van der Waals surface area contributed by atoms with Gasteiger partial charge in [0.15, 0.2) is 11.5 Å². The maximum absolute atomic E-state index is 12.2. The summed E-state index contributed by atoms with van der Waals surface area (Å²) in [6.07, 6.45) is 0. The van der Waals surface area contributed by atoms with Crippen molar-refractivity contribution in [3.8, 4) is 11.5 Å². The number of carbonyl (C=O) groups excluding carboxylic acids is 1. The fourth-order valence-corrected chi connectivity index (χ4v) is 2.29. The summed E-state index contributed by atoms with van der Waals surface area (Å²) >= 11 is 0. The molecule has 0 spiro atoms. The summed E-state index contributed by atoms with van der Waals surface area (Å²) in [4.78, 5) is 12.2. The summed E-state index contributed by atoms with van der Waals surface area (Å²) in [6.45, 7) is 8.15. The minimum absolute atomic E-state index is 0.0433. The number of nitrogens with one attached hydrogen (secondary N) is 1. The lowest BCUT2D eigenvalue weighted by molar-refractivity contribution is 0.0955. The molecular formula is C20H24N2O3. The van der Waals surface area contributed by atoms with Crippen molar-refractivity contribution in [1.82, 2.24) is 5.43 Å². The molecule has 0 radical (unpaired) electrons. The van der Waals surface area contributed by atoms with Crippen LogP contribution in [0.2, 0.25) is 0 Å². The Hall–Kier alpha value is -2.82. The fraction of sp³-hybridized carbons (Fsp3) is 0.300. The predicted octanol–water partition coefficient (Wildman–Crippen LogP) is 3.85. The average molecular weight is 340 g/mol. The Kier molecular flexibility index (Phi) is 5.47. The average Bonchev–Trinajstić information content (AvgIpc) is 2.59. The molecule has 0 heterocycles. The highest BCUT2D eigenvalue weighted by molar-refractivity contribution is 6.01. The van der Waals surface area contributed by atoms with E-state index in [0.717, 1.165) is 5.56 Å². The van der Waals surface area contributed by atoms with E-state index in [2.05, 4.69) is 31.3 Å². The molecule has 0 aliphatic heterocycles. The zero-order valence-corrected chi connectivity index (χ0v) is 15.3. The van der Waals surface area contributed by atoms with Crippen molar-refractivity contribution >= 4 is 11.6 Å². The van der Waals surface area contributed by atoms with Crippen LogP contribution < -0.4 is 10.2 Å². The first-order valence-electron chi connectivity index (χ1n) is 8.05. The van der Waals surface area contributed by atoms with Gasteiger partial charge in [-0.1, -0.05) is 32.9 Å². The van der Waals surface area contributed by atoms with E-state index in [1.54, 1.807) is 31.2 Å². The van der Waals surface area contributed by atoms with Gasteiger partial charge in [0.25, 0.3) is 5.91 Å². The van der Waals surface area contributed by atoms with Crippen LogP contribution >= 0.6 is 0 Å². The van der Waals surface area contributed by atoms with Gasteiger partial charge >= 0.3 is 0 Å². The second-order valence-corrected chi connectivity index (χ2v) is 6.85. The van der Waals surface area contributed by atoms with Gasteiger partial charge in [-0.2, -0.15) is 5.10 Å². The maximum Gasteiger partial charge on any atom is 0.271 e. The summed E-state index contributed by atoms with van der Waals surface area (Å²) in [6, 6.07) is 12.4.